The van der Waals surface area contributed by atoms with Gasteiger partial charge in [-0.25, -0.2) is 0 Å². The van der Waals surface area contributed by atoms with E-state index in [1.165, 1.54) is 16.7 Å². The minimum absolute atomic E-state index is 0.0144. The standard InChI is InChI=1S/C18H27N5O5/c1-20(17(25)13-11-21(2)19-16(13)27-3)12-15(24)22-6-8-23(9-7-22)18(26)14-5-4-10-28-14/h11,14H,4-10,12H2,1-3H3. The summed E-state index contributed by atoms with van der Waals surface area (Å²) in [4.78, 5) is 42.4. The molecule has 0 aromatic carbocycles. The summed E-state index contributed by atoms with van der Waals surface area (Å²) >= 11 is 0. The van der Waals surface area contributed by atoms with Crippen molar-refractivity contribution in [3.8, 4) is 5.88 Å². The quantitative estimate of drug-likeness (QED) is 0.660. The lowest BCUT2D eigenvalue weighted by Crippen LogP contribution is -2.54. The molecule has 1 aromatic rings. The number of aromatic nitrogens is 2. The lowest BCUT2D eigenvalue weighted by atomic mass is 10.2. The summed E-state index contributed by atoms with van der Waals surface area (Å²) in [7, 11) is 4.72. The lowest BCUT2D eigenvalue weighted by molar-refractivity contribution is -0.146. The fraction of sp³-hybridized carbons (Fsp3) is 0.667. The molecule has 1 aromatic heterocycles. The van der Waals surface area contributed by atoms with Crippen LogP contribution in [0.1, 0.15) is 23.2 Å². The second-order valence-electron chi connectivity index (χ2n) is 7.09. The largest absolute Gasteiger partial charge is 0.479 e. The van der Waals surface area contributed by atoms with Crippen LogP contribution in [0.15, 0.2) is 6.20 Å². The molecule has 3 amide bonds. The molecule has 0 bridgehead atoms. The van der Waals surface area contributed by atoms with E-state index in [4.69, 9.17) is 9.47 Å². The summed E-state index contributed by atoms with van der Waals surface area (Å²) in [6.07, 6.45) is 2.91. The van der Waals surface area contributed by atoms with Crippen LogP contribution in [-0.4, -0.2) is 102 Å². The minimum atomic E-state index is -0.333. The van der Waals surface area contributed by atoms with E-state index in [0.717, 1.165) is 12.8 Å². The Kier molecular flexibility index (Phi) is 6.18. The predicted molar refractivity (Wildman–Crippen MR) is 98.9 cm³/mol. The van der Waals surface area contributed by atoms with Crippen LogP contribution in [0.3, 0.4) is 0 Å². The second-order valence-corrected chi connectivity index (χ2v) is 7.09. The Labute approximate surface area is 163 Å². The molecule has 154 valence electrons. The maximum atomic E-state index is 12.6. The first-order valence-electron chi connectivity index (χ1n) is 9.42. The van der Waals surface area contributed by atoms with E-state index in [-0.39, 0.29) is 36.3 Å². The zero-order valence-corrected chi connectivity index (χ0v) is 16.6. The van der Waals surface area contributed by atoms with Crippen LogP contribution < -0.4 is 4.74 Å². The number of amides is 3. The molecule has 28 heavy (non-hydrogen) atoms. The van der Waals surface area contributed by atoms with Crippen molar-refractivity contribution < 1.29 is 23.9 Å². The van der Waals surface area contributed by atoms with E-state index in [2.05, 4.69) is 5.10 Å². The minimum Gasteiger partial charge on any atom is -0.479 e. The molecule has 0 N–H and O–H groups in total. The highest BCUT2D eigenvalue weighted by atomic mass is 16.5. The molecule has 0 saturated carbocycles. The summed E-state index contributed by atoms with van der Waals surface area (Å²) < 4.78 is 12.1. The van der Waals surface area contributed by atoms with Gasteiger partial charge in [-0.05, 0) is 12.8 Å². The Morgan fingerprint density at radius 2 is 1.93 bits per heavy atom. The number of hydrogen-bond acceptors (Lipinski definition) is 6. The monoisotopic (exact) mass is 393 g/mol. The number of piperazine rings is 1. The fourth-order valence-corrected chi connectivity index (χ4v) is 3.50. The summed E-state index contributed by atoms with van der Waals surface area (Å²) in [6.45, 7) is 2.47. The molecule has 2 aliphatic heterocycles. The molecule has 2 saturated heterocycles. The number of nitrogens with zero attached hydrogens (tertiary/aromatic N) is 5. The zero-order valence-electron chi connectivity index (χ0n) is 16.6. The Bertz CT molecular complexity index is 735. The van der Waals surface area contributed by atoms with E-state index >= 15 is 0 Å². The Morgan fingerprint density at radius 1 is 1.25 bits per heavy atom. The van der Waals surface area contributed by atoms with Gasteiger partial charge in [-0.1, -0.05) is 0 Å². The van der Waals surface area contributed by atoms with Gasteiger partial charge in [0, 0.05) is 53.1 Å². The highest BCUT2D eigenvalue weighted by Gasteiger charge is 2.32. The van der Waals surface area contributed by atoms with Gasteiger partial charge in [0.25, 0.3) is 11.8 Å². The van der Waals surface area contributed by atoms with Crippen molar-refractivity contribution >= 4 is 17.7 Å². The van der Waals surface area contributed by atoms with Crippen LogP contribution in [0.2, 0.25) is 0 Å². The van der Waals surface area contributed by atoms with Gasteiger partial charge >= 0.3 is 0 Å². The first-order chi connectivity index (χ1) is 13.4. The lowest BCUT2D eigenvalue weighted by Gasteiger charge is -2.36. The number of likely N-dealkylation sites (N-methyl/N-ethyl adjacent to an activating group) is 1. The summed E-state index contributed by atoms with van der Waals surface area (Å²) in [6, 6.07) is 0. The first kappa shape index (κ1) is 20.1. The van der Waals surface area contributed by atoms with Gasteiger partial charge in [0.1, 0.15) is 11.7 Å². The van der Waals surface area contributed by atoms with Gasteiger partial charge in [-0.15, -0.1) is 5.10 Å². The van der Waals surface area contributed by atoms with E-state index in [0.29, 0.717) is 38.3 Å². The summed E-state index contributed by atoms with van der Waals surface area (Å²) in [5.41, 5.74) is 0.312. The third-order valence-corrected chi connectivity index (χ3v) is 5.09. The van der Waals surface area contributed by atoms with Crippen LogP contribution in [-0.2, 0) is 21.4 Å². The Balaban J connectivity index is 1.51. The topological polar surface area (TPSA) is 97.2 Å². The van der Waals surface area contributed by atoms with Crippen molar-refractivity contribution in [3.63, 3.8) is 0 Å². The van der Waals surface area contributed by atoms with Crippen LogP contribution in [0.5, 0.6) is 5.88 Å². The van der Waals surface area contributed by atoms with Crippen LogP contribution >= 0.6 is 0 Å². The number of methoxy groups -OCH3 is 1. The maximum Gasteiger partial charge on any atom is 0.261 e. The number of rotatable bonds is 5. The van der Waals surface area contributed by atoms with Gasteiger partial charge in [-0.2, -0.15) is 0 Å². The van der Waals surface area contributed by atoms with Crippen molar-refractivity contribution in [2.75, 3.05) is 53.5 Å². The third-order valence-electron chi connectivity index (χ3n) is 5.09. The van der Waals surface area contributed by atoms with Crippen LogP contribution in [0.4, 0.5) is 0 Å². The van der Waals surface area contributed by atoms with Crippen molar-refractivity contribution in [2.24, 2.45) is 7.05 Å². The molecule has 10 heteroatoms. The Hall–Kier alpha value is -2.62. The molecule has 3 rings (SSSR count). The predicted octanol–water partition coefficient (Wildman–Crippen LogP) is -0.649. The van der Waals surface area contributed by atoms with Crippen molar-refractivity contribution in [1.29, 1.82) is 0 Å². The fourth-order valence-electron chi connectivity index (χ4n) is 3.50. The van der Waals surface area contributed by atoms with E-state index in [1.807, 2.05) is 0 Å². The van der Waals surface area contributed by atoms with Crippen LogP contribution in [0, 0.1) is 0 Å². The molecular weight excluding hydrogens is 366 g/mol. The average molecular weight is 393 g/mol. The van der Waals surface area contributed by atoms with E-state index < -0.39 is 0 Å². The molecule has 1 atom stereocenters. The molecular formula is C18H27N5O5. The van der Waals surface area contributed by atoms with Gasteiger partial charge < -0.3 is 24.2 Å². The number of ether oxygens (including phenoxy) is 2. The van der Waals surface area contributed by atoms with Crippen molar-refractivity contribution in [3.05, 3.63) is 11.8 Å². The highest BCUT2D eigenvalue weighted by Crippen LogP contribution is 2.18. The molecule has 2 aliphatic rings. The number of carbonyl (C=O) groups excluding carboxylic acids is 3. The molecule has 0 spiro atoms. The highest BCUT2D eigenvalue weighted by molar-refractivity contribution is 5.98. The van der Waals surface area contributed by atoms with Gasteiger partial charge in [0.2, 0.25) is 11.8 Å². The van der Waals surface area contributed by atoms with Crippen LogP contribution in [0.25, 0.3) is 0 Å². The molecule has 2 fully saturated rings. The van der Waals surface area contributed by atoms with Crippen molar-refractivity contribution in [1.82, 2.24) is 24.5 Å². The maximum absolute atomic E-state index is 12.6. The summed E-state index contributed by atoms with van der Waals surface area (Å²) in [5, 5.41) is 4.06. The number of hydrogen-bond donors (Lipinski definition) is 0. The second kappa shape index (κ2) is 8.59. The third kappa shape index (κ3) is 4.27. The molecule has 10 nitrogen and oxygen atoms in total. The van der Waals surface area contributed by atoms with Gasteiger partial charge in [0.15, 0.2) is 0 Å². The Morgan fingerprint density at radius 3 is 2.54 bits per heavy atom. The van der Waals surface area contributed by atoms with Gasteiger partial charge in [0.05, 0.1) is 13.7 Å². The average Bonchev–Trinajstić information content (AvgIpc) is 3.36. The smallest absolute Gasteiger partial charge is 0.261 e. The van der Waals surface area contributed by atoms with E-state index in [9.17, 15) is 14.4 Å². The molecule has 3 heterocycles. The molecule has 0 radical (unpaired) electrons. The summed E-state index contributed by atoms with van der Waals surface area (Å²) in [5.74, 6) is -0.234. The van der Waals surface area contributed by atoms with Gasteiger partial charge in [-0.3, -0.25) is 19.1 Å². The number of aryl methyl sites for hydroxylation is 1. The SMILES string of the molecule is COc1nn(C)cc1C(=O)N(C)CC(=O)N1CCN(C(=O)C2CCCO2)CC1. The van der Waals surface area contributed by atoms with E-state index in [1.54, 1.807) is 30.1 Å². The number of carbonyl (C=O) groups is 3. The molecule has 1 unspecified atom stereocenters. The normalized spacial score (nSPS) is 19.6. The zero-order chi connectivity index (χ0) is 20.3. The first-order valence-corrected chi connectivity index (χ1v) is 9.42. The molecule has 0 aliphatic carbocycles. The van der Waals surface area contributed by atoms with Crippen molar-refractivity contribution in [2.45, 2.75) is 18.9 Å².